The zero-order valence-corrected chi connectivity index (χ0v) is 7.58. The Balaban J connectivity index is 3.34. The molecule has 4 nitrogen and oxygen atoms in total. The summed E-state index contributed by atoms with van der Waals surface area (Å²) in [5.41, 5.74) is 0. The van der Waals surface area contributed by atoms with Crippen molar-refractivity contribution < 1.29 is 14.2 Å². The van der Waals surface area contributed by atoms with Crippen LogP contribution in [0.25, 0.3) is 0 Å². The smallest absolute Gasteiger partial charge is 0.330 e. The number of nitrogens with zero attached hydrogens (tertiary/aromatic N) is 1. The quantitative estimate of drug-likeness (QED) is 0.202. The summed E-state index contributed by atoms with van der Waals surface area (Å²) in [7, 11) is 3.10. The first-order valence-electron chi connectivity index (χ1n) is 3.79. The first-order chi connectivity index (χ1) is 5.45. The van der Waals surface area contributed by atoms with Crippen LogP contribution in [0.15, 0.2) is 12.7 Å². The van der Waals surface area contributed by atoms with Crippen molar-refractivity contribution in [2.45, 2.75) is 6.42 Å². The monoisotopic (exact) mass is 173 g/mol. The van der Waals surface area contributed by atoms with Crippen LogP contribution in [-0.4, -0.2) is 37.9 Å². The molecule has 0 bridgehead atoms. The Labute approximate surface area is 72.6 Å². The molecule has 0 amide bonds. The van der Waals surface area contributed by atoms with Crippen LogP contribution in [0.2, 0.25) is 0 Å². The van der Waals surface area contributed by atoms with Gasteiger partial charge in [-0.15, -0.1) is 0 Å². The number of rotatable bonds is 5. The summed E-state index contributed by atoms with van der Waals surface area (Å²) in [6.07, 6.45) is 1.69. The molecule has 12 heavy (non-hydrogen) atoms. The molecular weight excluding hydrogens is 158 g/mol. The van der Waals surface area contributed by atoms with Crippen LogP contribution in [0.5, 0.6) is 0 Å². The van der Waals surface area contributed by atoms with Crippen molar-refractivity contribution in [3.8, 4) is 0 Å². The SMILES string of the molecule is C=CC(=O)OCCC[N+](C)(C)[O-]. The van der Waals surface area contributed by atoms with Gasteiger partial charge in [-0.25, -0.2) is 4.79 Å². The molecule has 0 spiro atoms. The van der Waals surface area contributed by atoms with Crippen molar-refractivity contribution >= 4 is 5.97 Å². The molecule has 0 aliphatic rings. The van der Waals surface area contributed by atoms with E-state index >= 15 is 0 Å². The maximum absolute atomic E-state index is 11.0. The highest BCUT2D eigenvalue weighted by molar-refractivity contribution is 5.81. The normalized spacial score (nSPS) is 10.9. The Bertz CT molecular complexity index is 160. The molecule has 0 atom stereocenters. The number of hydroxylamine groups is 3. The molecule has 70 valence electrons. The Hall–Kier alpha value is -0.870. The molecule has 0 N–H and O–H groups in total. The second-order valence-corrected chi connectivity index (χ2v) is 3.02. The van der Waals surface area contributed by atoms with Crippen LogP contribution in [-0.2, 0) is 9.53 Å². The van der Waals surface area contributed by atoms with Gasteiger partial charge in [0.1, 0.15) is 0 Å². The van der Waals surface area contributed by atoms with E-state index in [-0.39, 0.29) is 11.3 Å². The maximum atomic E-state index is 11.0. The van der Waals surface area contributed by atoms with Gasteiger partial charge in [-0.2, -0.15) is 0 Å². The van der Waals surface area contributed by atoms with Crippen LogP contribution >= 0.6 is 0 Å². The molecule has 0 saturated carbocycles. The zero-order valence-electron chi connectivity index (χ0n) is 7.58. The van der Waals surface area contributed by atoms with Gasteiger partial charge in [0.25, 0.3) is 0 Å². The highest BCUT2D eigenvalue weighted by atomic mass is 16.5. The van der Waals surface area contributed by atoms with E-state index in [2.05, 4.69) is 11.3 Å². The summed E-state index contributed by atoms with van der Waals surface area (Å²) in [5.74, 6) is -0.439. The minimum atomic E-state index is -0.439. The minimum Gasteiger partial charge on any atom is -0.633 e. The molecule has 0 rings (SSSR count). The highest BCUT2D eigenvalue weighted by Gasteiger charge is 2.02. The summed E-state index contributed by atoms with van der Waals surface area (Å²) < 4.78 is 4.33. The van der Waals surface area contributed by atoms with Gasteiger partial charge in [-0.3, -0.25) is 0 Å². The lowest BCUT2D eigenvalue weighted by Gasteiger charge is -2.33. The van der Waals surface area contributed by atoms with Gasteiger partial charge in [0.2, 0.25) is 0 Å². The van der Waals surface area contributed by atoms with E-state index < -0.39 is 5.97 Å². The molecule has 0 aromatic heterocycles. The van der Waals surface area contributed by atoms with E-state index in [9.17, 15) is 10.0 Å². The fraction of sp³-hybridized carbons (Fsp3) is 0.625. The molecule has 0 aliphatic carbocycles. The fourth-order valence-corrected chi connectivity index (χ4v) is 0.677. The maximum Gasteiger partial charge on any atom is 0.330 e. The lowest BCUT2D eigenvalue weighted by Crippen LogP contribution is -2.33. The van der Waals surface area contributed by atoms with E-state index in [1.807, 2.05) is 0 Å². The largest absolute Gasteiger partial charge is 0.633 e. The molecule has 4 heteroatoms. The van der Waals surface area contributed by atoms with Crippen LogP contribution in [0.1, 0.15) is 6.42 Å². The number of hydrogen-bond acceptors (Lipinski definition) is 3. The van der Waals surface area contributed by atoms with Crippen molar-refractivity contribution in [2.24, 2.45) is 0 Å². The third-order valence-electron chi connectivity index (χ3n) is 1.25. The fourth-order valence-electron chi connectivity index (χ4n) is 0.677. The van der Waals surface area contributed by atoms with Crippen LogP contribution in [0.4, 0.5) is 0 Å². The molecule has 0 aromatic rings. The molecule has 0 unspecified atom stereocenters. The van der Waals surface area contributed by atoms with Crippen LogP contribution in [0, 0.1) is 5.21 Å². The number of ether oxygens (including phenoxy) is 1. The van der Waals surface area contributed by atoms with E-state index in [1.54, 1.807) is 14.1 Å². The van der Waals surface area contributed by atoms with Gasteiger partial charge in [-0.1, -0.05) is 6.58 Å². The average Bonchev–Trinajstić information content (AvgIpc) is 1.96. The molecular formula is C8H15NO3. The number of esters is 1. The summed E-state index contributed by atoms with van der Waals surface area (Å²) in [6, 6.07) is 0. The van der Waals surface area contributed by atoms with Crippen molar-refractivity contribution in [3.05, 3.63) is 17.9 Å². The standard InChI is InChI=1S/C8H15NO3/c1-4-8(10)12-7-5-6-9(2,3)11/h4H,1,5-7H2,2-3H3. The van der Waals surface area contributed by atoms with Gasteiger partial charge in [0, 0.05) is 12.5 Å². The van der Waals surface area contributed by atoms with E-state index in [0.717, 1.165) is 6.08 Å². The topological polar surface area (TPSA) is 49.4 Å². The molecule has 0 aliphatic heterocycles. The van der Waals surface area contributed by atoms with Gasteiger partial charge < -0.3 is 14.6 Å². The van der Waals surface area contributed by atoms with Gasteiger partial charge in [-0.05, 0) is 0 Å². The summed E-state index contributed by atoms with van der Waals surface area (Å²) in [6.45, 7) is 3.98. The molecule has 0 aromatic carbocycles. The lowest BCUT2D eigenvalue weighted by molar-refractivity contribution is -0.840. The van der Waals surface area contributed by atoms with Crippen LogP contribution in [0.3, 0.4) is 0 Å². The first kappa shape index (κ1) is 11.1. The van der Waals surface area contributed by atoms with E-state index in [4.69, 9.17) is 0 Å². The Morgan fingerprint density at radius 3 is 2.67 bits per heavy atom. The Kier molecular flexibility index (Phi) is 4.54. The van der Waals surface area contributed by atoms with Crippen molar-refractivity contribution in [1.82, 2.24) is 0 Å². The molecule has 0 radical (unpaired) electrons. The third kappa shape index (κ3) is 7.24. The van der Waals surface area contributed by atoms with Crippen molar-refractivity contribution in [1.29, 1.82) is 0 Å². The summed E-state index contributed by atoms with van der Waals surface area (Å²) >= 11 is 0. The highest BCUT2D eigenvalue weighted by Crippen LogP contribution is 1.95. The molecule has 0 fully saturated rings. The molecule has 0 heterocycles. The second kappa shape index (κ2) is 4.90. The van der Waals surface area contributed by atoms with Gasteiger partial charge in [0.05, 0.1) is 27.2 Å². The first-order valence-corrected chi connectivity index (χ1v) is 3.79. The molecule has 0 saturated heterocycles. The van der Waals surface area contributed by atoms with Gasteiger partial charge >= 0.3 is 5.97 Å². The predicted octanol–water partition coefficient (Wildman–Crippen LogP) is 0.680. The average molecular weight is 173 g/mol. The van der Waals surface area contributed by atoms with Gasteiger partial charge in [0.15, 0.2) is 0 Å². The number of carbonyl (C=O) groups is 1. The summed E-state index contributed by atoms with van der Waals surface area (Å²) in [4.78, 5) is 10.5. The van der Waals surface area contributed by atoms with Crippen LogP contribution < -0.4 is 0 Å². The number of quaternary nitrogens is 1. The van der Waals surface area contributed by atoms with Crippen molar-refractivity contribution in [3.63, 3.8) is 0 Å². The van der Waals surface area contributed by atoms with E-state index in [1.165, 1.54) is 0 Å². The predicted molar refractivity (Wildman–Crippen MR) is 46.1 cm³/mol. The number of carbonyl (C=O) groups excluding carboxylic acids is 1. The minimum absolute atomic E-state index is 0.286. The Morgan fingerprint density at radius 1 is 1.67 bits per heavy atom. The van der Waals surface area contributed by atoms with Crippen molar-refractivity contribution in [2.75, 3.05) is 27.2 Å². The lowest BCUT2D eigenvalue weighted by atomic mass is 10.4. The third-order valence-corrected chi connectivity index (χ3v) is 1.25. The van der Waals surface area contributed by atoms with E-state index in [0.29, 0.717) is 13.0 Å². The zero-order chi connectivity index (χ0) is 9.61. The Morgan fingerprint density at radius 2 is 2.25 bits per heavy atom. The number of hydrogen-bond donors (Lipinski definition) is 0. The second-order valence-electron chi connectivity index (χ2n) is 3.02. The summed E-state index contributed by atoms with van der Waals surface area (Å²) in [5, 5.41) is 11.0.